The predicted octanol–water partition coefficient (Wildman–Crippen LogP) is 1.03. The molecule has 0 rings (SSSR count). The predicted molar refractivity (Wildman–Crippen MR) is 85.6 cm³/mol. The zero-order valence-corrected chi connectivity index (χ0v) is 13.7. The van der Waals surface area contributed by atoms with Gasteiger partial charge in [0, 0.05) is 6.61 Å². The number of aliphatic hydroxyl groups is 2. The molecule has 0 heterocycles. The van der Waals surface area contributed by atoms with Gasteiger partial charge in [0.2, 0.25) is 0 Å². The number of aliphatic hydroxyl groups excluding tert-OH is 2. The molecule has 0 amide bonds. The number of carboxylic acid groups (broad SMARTS) is 1. The standard InChI is InChI=1S/C16H31NO5/c1-2-3-4-5-6-7-13-22-14-10-17(8-11-18,9-12-19)15-16(20)21/h2-3,18-19H,4-15H2,1H3/p+1/b3-2+. The third-order valence-corrected chi connectivity index (χ3v) is 3.72. The minimum absolute atomic E-state index is 0.0990. The van der Waals surface area contributed by atoms with Gasteiger partial charge in [0.1, 0.15) is 19.6 Å². The van der Waals surface area contributed by atoms with Crippen molar-refractivity contribution in [2.75, 3.05) is 52.6 Å². The molecule has 0 aromatic rings. The summed E-state index contributed by atoms with van der Waals surface area (Å²) in [6, 6.07) is 0. The Morgan fingerprint density at radius 3 is 2.27 bits per heavy atom. The number of carboxylic acids is 1. The normalized spacial score (nSPS) is 12.1. The molecular formula is C16H32NO5+. The van der Waals surface area contributed by atoms with E-state index in [0.717, 1.165) is 25.7 Å². The summed E-state index contributed by atoms with van der Waals surface area (Å²) in [7, 11) is 0. The first-order valence-electron chi connectivity index (χ1n) is 8.07. The monoisotopic (exact) mass is 318 g/mol. The molecule has 6 heteroatoms. The Labute approximate surface area is 133 Å². The van der Waals surface area contributed by atoms with Crippen LogP contribution < -0.4 is 0 Å². The highest BCUT2D eigenvalue weighted by Crippen LogP contribution is 2.07. The summed E-state index contributed by atoms with van der Waals surface area (Å²) in [4.78, 5) is 11.0. The van der Waals surface area contributed by atoms with Crippen LogP contribution >= 0.6 is 0 Å². The summed E-state index contributed by atoms with van der Waals surface area (Å²) in [5, 5.41) is 27.3. The molecule has 6 nitrogen and oxygen atoms in total. The average Bonchev–Trinajstić information content (AvgIpc) is 2.45. The van der Waals surface area contributed by atoms with Crippen molar-refractivity contribution < 1.29 is 29.3 Å². The van der Waals surface area contributed by atoms with Crippen LogP contribution in [0.25, 0.3) is 0 Å². The van der Waals surface area contributed by atoms with Crippen molar-refractivity contribution >= 4 is 5.97 Å². The molecule has 0 fully saturated rings. The Morgan fingerprint density at radius 2 is 1.73 bits per heavy atom. The van der Waals surface area contributed by atoms with Crippen LogP contribution in [0.4, 0.5) is 0 Å². The van der Waals surface area contributed by atoms with Gasteiger partial charge < -0.3 is 24.5 Å². The number of hydrogen-bond donors (Lipinski definition) is 3. The molecule has 22 heavy (non-hydrogen) atoms. The number of nitrogens with zero attached hydrogens (tertiary/aromatic N) is 1. The topological polar surface area (TPSA) is 87.0 Å². The number of ether oxygens (including phenoxy) is 1. The van der Waals surface area contributed by atoms with Gasteiger partial charge in [0.25, 0.3) is 0 Å². The fourth-order valence-electron chi connectivity index (χ4n) is 2.45. The van der Waals surface area contributed by atoms with E-state index in [1.807, 2.05) is 6.92 Å². The third-order valence-electron chi connectivity index (χ3n) is 3.72. The molecule has 3 N–H and O–H groups in total. The molecule has 0 saturated carbocycles. The molecule has 0 unspecified atom stereocenters. The highest BCUT2D eigenvalue weighted by atomic mass is 16.5. The summed E-state index contributed by atoms with van der Waals surface area (Å²) in [5.74, 6) is -0.925. The van der Waals surface area contributed by atoms with E-state index in [0.29, 0.717) is 32.8 Å². The van der Waals surface area contributed by atoms with E-state index >= 15 is 0 Å². The fourth-order valence-corrected chi connectivity index (χ4v) is 2.45. The number of aliphatic carboxylic acids is 1. The van der Waals surface area contributed by atoms with Crippen molar-refractivity contribution in [2.45, 2.75) is 32.6 Å². The van der Waals surface area contributed by atoms with Gasteiger partial charge >= 0.3 is 5.97 Å². The first kappa shape index (κ1) is 21.0. The van der Waals surface area contributed by atoms with Gasteiger partial charge in [0.05, 0.1) is 19.8 Å². The molecular weight excluding hydrogens is 286 g/mol. The van der Waals surface area contributed by atoms with Crippen molar-refractivity contribution in [1.82, 2.24) is 0 Å². The van der Waals surface area contributed by atoms with E-state index < -0.39 is 5.97 Å². The fraction of sp³-hybridized carbons (Fsp3) is 0.812. The number of rotatable bonds is 15. The van der Waals surface area contributed by atoms with Crippen molar-refractivity contribution in [2.24, 2.45) is 0 Å². The van der Waals surface area contributed by atoms with E-state index in [1.54, 1.807) is 0 Å². The Balaban J connectivity index is 3.99. The van der Waals surface area contributed by atoms with Crippen molar-refractivity contribution in [3.8, 4) is 0 Å². The first-order valence-corrected chi connectivity index (χ1v) is 8.07. The van der Waals surface area contributed by atoms with Crippen LogP contribution in [0.2, 0.25) is 0 Å². The highest BCUT2D eigenvalue weighted by Gasteiger charge is 2.29. The second-order valence-electron chi connectivity index (χ2n) is 5.54. The maximum atomic E-state index is 11.0. The molecule has 0 aromatic carbocycles. The zero-order valence-electron chi connectivity index (χ0n) is 13.7. The van der Waals surface area contributed by atoms with Crippen molar-refractivity contribution in [3.05, 3.63) is 12.2 Å². The smallest absolute Gasteiger partial charge is 0.359 e. The lowest BCUT2D eigenvalue weighted by Crippen LogP contribution is -2.56. The minimum atomic E-state index is -0.925. The molecule has 0 aliphatic rings. The summed E-state index contributed by atoms with van der Waals surface area (Å²) >= 11 is 0. The van der Waals surface area contributed by atoms with Crippen molar-refractivity contribution in [3.63, 3.8) is 0 Å². The number of allylic oxidation sites excluding steroid dienone is 2. The molecule has 0 aliphatic carbocycles. The van der Waals surface area contributed by atoms with Gasteiger partial charge in [-0.1, -0.05) is 18.6 Å². The lowest BCUT2D eigenvalue weighted by Gasteiger charge is -2.36. The lowest BCUT2D eigenvalue weighted by molar-refractivity contribution is -0.922. The summed E-state index contributed by atoms with van der Waals surface area (Å²) in [6.45, 7) is 3.96. The minimum Gasteiger partial charge on any atom is -0.477 e. The molecule has 0 bridgehead atoms. The van der Waals surface area contributed by atoms with Crippen molar-refractivity contribution in [1.29, 1.82) is 0 Å². The second kappa shape index (κ2) is 13.7. The summed E-state index contributed by atoms with van der Waals surface area (Å²) in [5.41, 5.74) is 0. The summed E-state index contributed by atoms with van der Waals surface area (Å²) < 4.78 is 5.74. The molecule has 0 spiro atoms. The lowest BCUT2D eigenvalue weighted by atomic mass is 10.2. The molecule has 0 radical (unpaired) electrons. The van der Waals surface area contributed by atoms with Crippen LogP contribution in [0.5, 0.6) is 0 Å². The largest absolute Gasteiger partial charge is 0.477 e. The molecule has 0 saturated heterocycles. The summed E-state index contributed by atoms with van der Waals surface area (Å²) in [6.07, 6.45) is 8.58. The van der Waals surface area contributed by atoms with Gasteiger partial charge in [-0.15, -0.1) is 0 Å². The van der Waals surface area contributed by atoms with Crippen LogP contribution in [0, 0.1) is 0 Å². The Morgan fingerprint density at radius 1 is 1.05 bits per heavy atom. The number of hydrogen-bond acceptors (Lipinski definition) is 4. The third kappa shape index (κ3) is 10.7. The Hall–Kier alpha value is -0.950. The molecule has 130 valence electrons. The number of carbonyl (C=O) groups is 1. The van der Waals surface area contributed by atoms with E-state index in [-0.39, 0.29) is 24.2 Å². The van der Waals surface area contributed by atoms with Crippen LogP contribution in [-0.2, 0) is 9.53 Å². The van der Waals surface area contributed by atoms with E-state index in [1.165, 1.54) is 0 Å². The molecule has 0 aromatic heterocycles. The van der Waals surface area contributed by atoms with Crippen LogP contribution in [0.1, 0.15) is 32.6 Å². The molecule has 0 atom stereocenters. The highest BCUT2D eigenvalue weighted by molar-refractivity contribution is 5.67. The maximum absolute atomic E-state index is 11.0. The molecule has 0 aliphatic heterocycles. The van der Waals surface area contributed by atoms with Gasteiger partial charge in [0.15, 0.2) is 6.54 Å². The SMILES string of the molecule is C/C=C/CCCCCOCC[N+](CCO)(CCO)CC(=O)O. The number of unbranched alkanes of at least 4 members (excludes halogenated alkanes) is 3. The first-order chi connectivity index (χ1) is 10.6. The van der Waals surface area contributed by atoms with Gasteiger partial charge in [-0.3, -0.25) is 0 Å². The van der Waals surface area contributed by atoms with E-state index in [2.05, 4.69) is 12.2 Å². The Bertz CT molecular complexity index is 301. The second-order valence-corrected chi connectivity index (χ2v) is 5.54. The number of quaternary nitrogens is 1. The zero-order chi connectivity index (χ0) is 16.7. The van der Waals surface area contributed by atoms with Crippen LogP contribution in [0.15, 0.2) is 12.2 Å². The quantitative estimate of drug-likeness (QED) is 0.238. The maximum Gasteiger partial charge on any atom is 0.359 e. The van der Waals surface area contributed by atoms with Crippen LogP contribution in [-0.4, -0.2) is 78.4 Å². The van der Waals surface area contributed by atoms with E-state index in [9.17, 15) is 4.79 Å². The van der Waals surface area contributed by atoms with Gasteiger partial charge in [-0.2, -0.15) is 0 Å². The van der Waals surface area contributed by atoms with Crippen LogP contribution in [0.3, 0.4) is 0 Å². The van der Waals surface area contributed by atoms with Gasteiger partial charge in [-0.25, -0.2) is 4.79 Å². The Kier molecular flexibility index (Phi) is 13.1. The average molecular weight is 318 g/mol. The van der Waals surface area contributed by atoms with Gasteiger partial charge in [-0.05, 0) is 26.2 Å². The van der Waals surface area contributed by atoms with E-state index in [4.69, 9.17) is 20.1 Å².